The molecule has 0 bridgehead atoms. The lowest BCUT2D eigenvalue weighted by atomic mass is 10.1. The van der Waals surface area contributed by atoms with Gasteiger partial charge in [0, 0.05) is 23.6 Å². The highest BCUT2D eigenvalue weighted by Crippen LogP contribution is 2.15. The van der Waals surface area contributed by atoms with Gasteiger partial charge in [0.25, 0.3) is 0 Å². The molecule has 0 amide bonds. The molecular weight excluding hydrogens is 166 g/mol. The maximum atomic E-state index is 10.9. The Morgan fingerprint density at radius 3 is 2.85 bits per heavy atom. The molecule has 2 rings (SSSR count). The number of hydrogen-bond acceptors (Lipinski definition) is 3. The summed E-state index contributed by atoms with van der Waals surface area (Å²) in [5.74, 6) is 0. The van der Waals surface area contributed by atoms with E-state index in [0.29, 0.717) is 12.1 Å². The quantitative estimate of drug-likeness (QED) is 0.663. The minimum absolute atomic E-state index is 0.339. The molecule has 0 spiro atoms. The summed E-state index contributed by atoms with van der Waals surface area (Å²) in [6, 6.07) is 8.77. The van der Waals surface area contributed by atoms with Gasteiger partial charge in [0.15, 0.2) is 0 Å². The van der Waals surface area contributed by atoms with Gasteiger partial charge in [-0.05, 0) is 6.07 Å². The van der Waals surface area contributed by atoms with Crippen LogP contribution in [0.25, 0.3) is 11.0 Å². The third kappa shape index (κ3) is 1.34. The second kappa shape index (κ2) is 3.03. The summed E-state index contributed by atoms with van der Waals surface area (Å²) < 4.78 is 5.05. The molecule has 3 nitrogen and oxygen atoms in total. The summed E-state index contributed by atoms with van der Waals surface area (Å²) in [5.41, 5.74) is 6.62. The SMILES string of the molecule is NCc1cccc2ccc(=O)oc12. The van der Waals surface area contributed by atoms with Crippen molar-refractivity contribution < 1.29 is 4.42 Å². The molecule has 0 aliphatic carbocycles. The van der Waals surface area contributed by atoms with Crippen molar-refractivity contribution in [1.29, 1.82) is 0 Å². The van der Waals surface area contributed by atoms with E-state index < -0.39 is 0 Å². The summed E-state index contributed by atoms with van der Waals surface area (Å²) in [7, 11) is 0. The Morgan fingerprint density at radius 2 is 2.08 bits per heavy atom. The molecule has 0 aliphatic heterocycles. The molecule has 0 aliphatic rings. The average Bonchev–Trinajstić information content (AvgIpc) is 2.17. The second-order valence-electron chi connectivity index (χ2n) is 2.79. The smallest absolute Gasteiger partial charge is 0.336 e. The van der Waals surface area contributed by atoms with E-state index in [1.807, 2.05) is 18.2 Å². The summed E-state index contributed by atoms with van der Waals surface area (Å²) in [4.78, 5) is 10.9. The van der Waals surface area contributed by atoms with Crippen molar-refractivity contribution in [2.75, 3.05) is 0 Å². The third-order valence-corrected chi connectivity index (χ3v) is 1.95. The molecule has 13 heavy (non-hydrogen) atoms. The molecule has 1 heterocycles. The van der Waals surface area contributed by atoms with Crippen LogP contribution in [0.1, 0.15) is 5.56 Å². The first kappa shape index (κ1) is 8.01. The van der Waals surface area contributed by atoms with E-state index in [2.05, 4.69) is 0 Å². The van der Waals surface area contributed by atoms with E-state index in [1.54, 1.807) is 6.07 Å². The maximum absolute atomic E-state index is 10.9. The lowest BCUT2D eigenvalue weighted by molar-refractivity contribution is 0.557. The lowest BCUT2D eigenvalue weighted by Crippen LogP contribution is -2.00. The summed E-state index contributed by atoms with van der Waals surface area (Å²) in [6.45, 7) is 0.379. The highest BCUT2D eigenvalue weighted by molar-refractivity contribution is 5.79. The summed E-state index contributed by atoms with van der Waals surface area (Å²) >= 11 is 0. The van der Waals surface area contributed by atoms with E-state index in [0.717, 1.165) is 10.9 Å². The van der Waals surface area contributed by atoms with Gasteiger partial charge in [-0.25, -0.2) is 4.79 Å². The Morgan fingerprint density at radius 1 is 1.23 bits per heavy atom. The Bertz CT molecular complexity index is 487. The first-order valence-electron chi connectivity index (χ1n) is 4.03. The zero-order chi connectivity index (χ0) is 9.26. The van der Waals surface area contributed by atoms with Gasteiger partial charge in [0.1, 0.15) is 5.58 Å². The Balaban J connectivity index is 2.87. The number of benzene rings is 1. The standard InChI is InChI=1S/C10H9NO2/c11-6-8-3-1-2-7-4-5-9(12)13-10(7)8/h1-5H,6,11H2. The highest BCUT2D eigenvalue weighted by atomic mass is 16.4. The van der Waals surface area contributed by atoms with Crippen LogP contribution in [0.3, 0.4) is 0 Å². The van der Waals surface area contributed by atoms with E-state index >= 15 is 0 Å². The summed E-state index contributed by atoms with van der Waals surface area (Å²) in [6.07, 6.45) is 0. The van der Waals surface area contributed by atoms with Gasteiger partial charge < -0.3 is 10.2 Å². The zero-order valence-electron chi connectivity index (χ0n) is 6.99. The molecule has 1 aromatic heterocycles. The maximum Gasteiger partial charge on any atom is 0.336 e. The van der Waals surface area contributed by atoms with Crippen molar-refractivity contribution in [3.05, 3.63) is 46.3 Å². The van der Waals surface area contributed by atoms with Gasteiger partial charge in [-0.1, -0.05) is 18.2 Å². The normalized spacial score (nSPS) is 10.5. The van der Waals surface area contributed by atoms with E-state index in [9.17, 15) is 4.79 Å². The molecule has 0 saturated carbocycles. The van der Waals surface area contributed by atoms with Gasteiger partial charge in [-0.2, -0.15) is 0 Å². The Kier molecular flexibility index (Phi) is 1.87. The summed E-state index contributed by atoms with van der Waals surface area (Å²) in [5, 5.41) is 0.905. The molecule has 2 N–H and O–H groups in total. The first-order chi connectivity index (χ1) is 6.31. The lowest BCUT2D eigenvalue weighted by Gasteiger charge is -2.00. The minimum atomic E-state index is -0.339. The van der Waals surface area contributed by atoms with Crippen LogP contribution in [0.4, 0.5) is 0 Å². The predicted octanol–water partition coefficient (Wildman–Crippen LogP) is 1.25. The molecule has 66 valence electrons. The molecule has 0 radical (unpaired) electrons. The van der Waals surface area contributed by atoms with Crippen molar-refractivity contribution in [2.45, 2.75) is 6.54 Å². The molecule has 0 fully saturated rings. The first-order valence-corrected chi connectivity index (χ1v) is 4.03. The van der Waals surface area contributed by atoms with Crippen LogP contribution in [0.5, 0.6) is 0 Å². The van der Waals surface area contributed by atoms with E-state index in [4.69, 9.17) is 10.2 Å². The predicted molar refractivity (Wildman–Crippen MR) is 50.4 cm³/mol. The number of fused-ring (bicyclic) bond motifs is 1. The van der Waals surface area contributed by atoms with E-state index in [-0.39, 0.29) is 5.63 Å². The molecule has 0 saturated heterocycles. The fourth-order valence-corrected chi connectivity index (χ4v) is 1.31. The van der Waals surface area contributed by atoms with Gasteiger partial charge >= 0.3 is 5.63 Å². The molecule has 2 aromatic rings. The van der Waals surface area contributed by atoms with Crippen LogP contribution < -0.4 is 11.4 Å². The Hall–Kier alpha value is -1.61. The molecular formula is C10H9NO2. The number of hydrogen-bond donors (Lipinski definition) is 1. The van der Waals surface area contributed by atoms with E-state index in [1.165, 1.54) is 6.07 Å². The number of rotatable bonds is 1. The van der Waals surface area contributed by atoms with Crippen molar-refractivity contribution in [2.24, 2.45) is 5.73 Å². The van der Waals surface area contributed by atoms with Crippen LogP contribution in [0.2, 0.25) is 0 Å². The highest BCUT2D eigenvalue weighted by Gasteiger charge is 2.01. The number of para-hydroxylation sites is 1. The number of nitrogens with two attached hydrogens (primary N) is 1. The average molecular weight is 175 g/mol. The fraction of sp³-hybridized carbons (Fsp3) is 0.100. The Labute approximate surface area is 74.8 Å². The molecule has 0 atom stereocenters. The van der Waals surface area contributed by atoms with Gasteiger partial charge in [-0.15, -0.1) is 0 Å². The monoisotopic (exact) mass is 175 g/mol. The van der Waals surface area contributed by atoms with Crippen molar-refractivity contribution in [3.8, 4) is 0 Å². The largest absolute Gasteiger partial charge is 0.422 e. The van der Waals surface area contributed by atoms with Gasteiger partial charge in [0.2, 0.25) is 0 Å². The van der Waals surface area contributed by atoms with Gasteiger partial charge in [-0.3, -0.25) is 0 Å². The topological polar surface area (TPSA) is 56.2 Å². The van der Waals surface area contributed by atoms with Gasteiger partial charge in [0.05, 0.1) is 0 Å². The molecule has 3 heteroatoms. The zero-order valence-corrected chi connectivity index (χ0v) is 6.99. The third-order valence-electron chi connectivity index (χ3n) is 1.95. The van der Waals surface area contributed by atoms with Crippen molar-refractivity contribution in [3.63, 3.8) is 0 Å². The van der Waals surface area contributed by atoms with Crippen LogP contribution >= 0.6 is 0 Å². The minimum Gasteiger partial charge on any atom is -0.422 e. The van der Waals surface area contributed by atoms with Crippen LogP contribution in [0, 0.1) is 0 Å². The van der Waals surface area contributed by atoms with Crippen LogP contribution in [-0.2, 0) is 6.54 Å². The van der Waals surface area contributed by atoms with Crippen LogP contribution in [-0.4, -0.2) is 0 Å². The van der Waals surface area contributed by atoms with Crippen LogP contribution in [0.15, 0.2) is 39.5 Å². The second-order valence-corrected chi connectivity index (χ2v) is 2.79. The van der Waals surface area contributed by atoms with Crippen molar-refractivity contribution >= 4 is 11.0 Å². The molecule has 1 aromatic carbocycles. The fourth-order valence-electron chi connectivity index (χ4n) is 1.31. The van der Waals surface area contributed by atoms with Crippen molar-refractivity contribution in [1.82, 2.24) is 0 Å². The molecule has 0 unspecified atom stereocenters.